The Bertz CT molecular complexity index is 867. The summed E-state index contributed by atoms with van der Waals surface area (Å²) in [7, 11) is 6.35. The summed E-state index contributed by atoms with van der Waals surface area (Å²) in [5.74, 6) is 2.52. The van der Waals surface area contributed by atoms with Gasteiger partial charge in [-0.1, -0.05) is 6.07 Å². The summed E-state index contributed by atoms with van der Waals surface area (Å²) in [6, 6.07) is 9.26. The Kier molecular flexibility index (Phi) is 5.16. The number of hydrogen-bond donors (Lipinski definition) is 0. The molecule has 5 nitrogen and oxygen atoms in total. The molecule has 3 rings (SSSR count). The Labute approximate surface area is 153 Å². The van der Waals surface area contributed by atoms with Gasteiger partial charge in [0.2, 0.25) is 0 Å². The molecule has 0 spiro atoms. The van der Waals surface area contributed by atoms with Gasteiger partial charge in [-0.05, 0) is 54.3 Å². The van der Waals surface area contributed by atoms with Crippen LogP contribution in [0.25, 0.3) is 6.08 Å². The SMILES string of the molecule is COc1ccc(/C=C2\CCc3cc(OC)c(OC)cc3C2=O)cc1OC. The van der Waals surface area contributed by atoms with Gasteiger partial charge >= 0.3 is 0 Å². The lowest BCUT2D eigenvalue weighted by atomic mass is 9.85. The van der Waals surface area contributed by atoms with Gasteiger partial charge in [0.1, 0.15) is 0 Å². The largest absolute Gasteiger partial charge is 0.493 e. The summed E-state index contributed by atoms with van der Waals surface area (Å²) >= 11 is 0. The fourth-order valence-corrected chi connectivity index (χ4v) is 3.18. The number of rotatable bonds is 5. The fraction of sp³-hybridized carbons (Fsp3) is 0.286. The number of hydrogen-bond acceptors (Lipinski definition) is 5. The molecular weight excluding hydrogens is 332 g/mol. The lowest BCUT2D eigenvalue weighted by Crippen LogP contribution is -2.14. The molecule has 0 heterocycles. The third kappa shape index (κ3) is 3.25. The average molecular weight is 354 g/mol. The van der Waals surface area contributed by atoms with E-state index in [0.29, 0.717) is 35.0 Å². The van der Waals surface area contributed by atoms with E-state index in [1.54, 1.807) is 34.5 Å². The van der Waals surface area contributed by atoms with Crippen molar-refractivity contribution in [2.24, 2.45) is 0 Å². The van der Waals surface area contributed by atoms with Gasteiger partial charge in [0, 0.05) is 11.1 Å². The number of carbonyl (C=O) groups excluding carboxylic acids is 1. The Balaban J connectivity index is 1.97. The zero-order valence-electron chi connectivity index (χ0n) is 15.4. The molecule has 2 aromatic carbocycles. The molecule has 136 valence electrons. The van der Waals surface area contributed by atoms with E-state index >= 15 is 0 Å². The second-order valence-electron chi connectivity index (χ2n) is 5.98. The maximum Gasteiger partial charge on any atom is 0.189 e. The Morgan fingerprint density at radius 1 is 0.769 bits per heavy atom. The fourth-order valence-electron chi connectivity index (χ4n) is 3.18. The number of carbonyl (C=O) groups is 1. The molecule has 0 unspecified atom stereocenters. The summed E-state index contributed by atoms with van der Waals surface area (Å²) < 4.78 is 21.3. The van der Waals surface area contributed by atoms with Crippen LogP contribution in [0.5, 0.6) is 23.0 Å². The first-order valence-electron chi connectivity index (χ1n) is 8.33. The number of allylic oxidation sites excluding steroid dienone is 1. The first-order chi connectivity index (χ1) is 12.6. The van der Waals surface area contributed by atoms with Gasteiger partial charge in [-0.2, -0.15) is 0 Å². The van der Waals surface area contributed by atoms with Crippen LogP contribution in [0.4, 0.5) is 0 Å². The zero-order chi connectivity index (χ0) is 18.7. The Hall–Kier alpha value is -2.95. The highest BCUT2D eigenvalue weighted by molar-refractivity contribution is 6.13. The highest BCUT2D eigenvalue weighted by atomic mass is 16.5. The smallest absolute Gasteiger partial charge is 0.189 e. The summed E-state index contributed by atoms with van der Waals surface area (Å²) in [6.45, 7) is 0. The number of ketones is 1. The van der Waals surface area contributed by atoms with Crippen LogP contribution in [-0.4, -0.2) is 34.2 Å². The van der Waals surface area contributed by atoms with Gasteiger partial charge in [0.25, 0.3) is 0 Å². The standard InChI is InChI=1S/C21H22O5/c1-23-17-8-5-13(10-18(17)24-2)9-15-7-6-14-11-19(25-3)20(26-4)12-16(14)21(15)22/h5,8-12H,6-7H2,1-4H3/b15-9+. The molecule has 1 aliphatic rings. The van der Waals surface area contributed by atoms with Gasteiger partial charge in [0.05, 0.1) is 28.4 Å². The van der Waals surface area contributed by atoms with Crippen molar-refractivity contribution >= 4 is 11.9 Å². The molecule has 1 aliphatic carbocycles. The predicted molar refractivity (Wildman–Crippen MR) is 99.7 cm³/mol. The molecule has 0 saturated heterocycles. The zero-order valence-corrected chi connectivity index (χ0v) is 15.4. The molecule has 0 bridgehead atoms. The average Bonchev–Trinajstić information content (AvgIpc) is 2.69. The number of methoxy groups -OCH3 is 4. The molecule has 0 amide bonds. The third-order valence-corrected chi connectivity index (χ3v) is 4.56. The van der Waals surface area contributed by atoms with Crippen molar-refractivity contribution in [3.63, 3.8) is 0 Å². The van der Waals surface area contributed by atoms with Crippen molar-refractivity contribution in [2.45, 2.75) is 12.8 Å². The minimum atomic E-state index is 0.0157. The molecule has 0 aliphatic heterocycles. The lowest BCUT2D eigenvalue weighted by molar-refractivity contribution is 0.102. The predicted octanol–water partition coefficient (Wildman–Crippen LogP) is 3.93. The number of fused-ring (bicyclic) bond motifs is 1. The van der Waals surface area contributed by atoms with Crippen LogP contribution in [0.15, 0.2) is 35.9 Å². The van der Waals surface area contributed by atoms with E-state index in [0.717, 1.165) is 23.1 Å². The molecule has 0 atom stereocenters. The maximum atomic E-state index is 12.9. The molecule has 5 heteroatoms. The van der Waals surface area contributed by atoms with Gasteiger partial charge in [-0.25, -0.2) is 0 Å². The minimum Gasteiger partial charge on any atom is -0.493 e. The lowest BCUT2D eigenvalue weighted by Gasteiger charge is -2.20. The van der Waals surface area contributed by atoms with Gasteiger partial charge in [0.15, 0.2) is 28.8 Å². The monoisotopic (exact) mass is 354 g/mol. The number of ether oxygens (including phenoxy) is 4. The van der Waals surface area contributed by atoms with Crippen molar-refractivity contribution in [2.75, 3.05) is 28.4 Å². The second-order valence-corrected chi connectivity index (χ2v) is 5.98. The highest BCUT2D eigenvalue weighted by Crippen LogP contribution is 2.36. The number of Topliss-reactive ketones (excluding diaryl/α,β-unsaturated/α-hetero) is 1. The molecular formula is C21H22O5. The van der Waals surface area contributed by atoms with E-state index in [1.807, 2.05) is 30.3 Å². The number of aryl methyl sites for hydroxylation is 1. The minimum absolute atomic E-state index is 0.0157. The van der Waals surface area contributed by atoms with E-state index in [9.17, 15) is 4.79 Å². The van der Waals surface area contributed by atoms with Crippen molar-refractivity contribution in [3.8, 4) is 23.0 Å². The number of benzene rings is 2. The molecule has 26 heavy (non-hydrogen) atoms. The Morgan fingerprint density at radius 2 is 1.38 bits per heavy atom. The maximum absolute atomic E-state index is 12.9. The van der Waals surface area contributed by atoms with Crippen LogP contribution in [0.1, 0.15) is 27.9 Å². The molecule has 0 radical (unpaired) electrons. The van der Waals surface area contributed by atoms with E-state index in [2.05, 4.69) is 0 Å². The van der Waals surface area contributed by atoms with Gasteiger partial charge in [-0.15, -0.1) is 0 Å². The van der Waals surface area contributed by atoms with Crippen LogP contribution in [0, 0.1) is 0 Å². The molecule has 0 aromatic heterocycles. The van der Waals surface area contributed by atoms with Crippen molar-refractivity contribution in [3.05, 3.63) is 52.6 Å². The summed E-state index contributed by atoms with van der Waals surface area (Å²) in [4.78, 5) is 12.9. The van der Waals surface area contributed by atoms with E-state index < -0.39 is 0 Å². The van der Waals surface area contributed by atoms with Crippen LogP contribution in [-0.2, 0) is 6.42 Å². The van der Waals surface area contributed by atoms with Crippen molar-refractivity contribution in [1.29, 1.82) is 0 Å². The molecule has 0 N–H and O–H groups in total. The Morgan fingerprint density at radius 3 is 2.04 bits per heavy atom. The first-order valence-corrected chi connectivity index (χ1v) is 8.33. The van der Waals surface area contributed by atoms with Crippen LogP contribution >= 0.6 is 0 Å². The highest BCUT2D eigenvalue weighted by Gasteiger charge is 2.24. The molecule has 0 fully saturated rings. The van der Waals surface area contributed by atoms with Crippen LogP contribution in [0.3, 0.4) is 0 Å². The van der Waals surface area contributed by atoms with Crippen molar-refractivity contribution in [1.82, 2.24) is 0 Å². The van der Waals surface area contributed by atoms with Gasteiger partial charge < -0.3 is 18.9 Å². The second kappa shape index (κ2) is 7.52. The summed E-state index contributed by atoms with van der Waals surface area (Å²) in [5, 5.41) is 0. The van der Waals surface area contributed by atoms with Crippen molar-refractivity contribution < 1.29 is 23.7 Å². The van der Waals surface area contributed by atoms with E-state index in [-0.39, 0.29) is 5.78 Å². The normalized spacial score (nSPS) is 14.8. The van der Waals surface area contributed by atoms with E-state index in [1.165, 1.54) is 0 Å². The molecule has 2 aromatic rings. The quantitative estimate of drug-likeness (QED) is 0.762. The summed E-state index contributed by atoms with van der Waals surface area (Å²) in [6.07, 6.45) is 3.36. The third-order valence-electron chi connectivity index (χ3n) is 4.56. The summed E-state index contributed by atoms with van der Waals surface area (Å²) in [5.41, 5.74) is 3.31. The van der Waals surface area contributed by atoms with Gasteiger partial charge in [-0.3, -0.25) is 4.79 Å². The first kappa shape index (κ1) is 17.9. The topological polar surface area (TPSA) is 54.0 Å². The van der Waals surface area contributed by atoms with Crippen LogP contribution in [0.2, 0.25) is 0 Å². The molecule has 0 saturated carbocycles. The van der Waals surface area contributed by atoms with E-state index in [4.69, 9.17) is 18.9 Å². The van der Waals surface area contributed by atoms with Crippen LogP contribution < -0.4 is 18.9 Å².